The van der Waals surface area contributed by atoms with Crippen molar-refractivity contribution in [1.82, 2.24) is 0 Å². The third-order valence-corrected chi connectivity index (χ3v) is 2.71. The van der Waals surface area contributed by atoms with Gasteiger partial charge in [-0.1, -0.05) is 17.8 Å². The molecule has 0 rings (SSSR count). The van der Waals surface area contributed by atoms with Gasteiger partial charge in [0, 0.05) is 72.5 Å². The number of rotatable bonds is 7. The SMILES string of the molecule is CC#CC(C)(C)OCCO.COC(C)(C)C#CC(C)(C)OCCO.[Y].[Y]. The number of aliphatic hydroxyl groups excluding tert-OH is 2. The summed E-state index contributed by atoms with van der Waals surface area (Å²) >= 11 is 0. The van der Waals surface area contributed by atoms with Crippen molar-refractivity contribution in [2.75, 3.05) is 33.5 Å². The Bertz CT molecular complexity index is 454. The maximum atomic E-state index is 8.61. The molecule has 0 spiro atoms. The monoisotopic (exact) mass is 520 g/mol. The average molecular weight is 520 g/mol. The summed E-state index contributed by atoms with van der Waals surface area (Å²) in [4.78, 5) is 0. The van der Waals surface area contributed by atoms with Crippen LogP contribution in [-0.2, 0) is 79.6 Å². The van der Waals surface area contributed by atoms with Gasteiger partial charge in [0.25, 0.3) is 0 Å². The topological polar surface area (TPSA) is 68.2 Å². The quantitative estimate of drug-likeness (QED) is 0.503. The molecule has 26 heavy (non-hydrogen) atoms. The zero-order chi connectivity index (χ0) is 19.3. The van der Waals surface area contributed by atoms with Gasteiger partial charge < -0.3 is 24.4 Å². The van der Waals surface area contributed by atoms with Gasteiger partial charge in [-0.25, -0.2) is 0 Å². The van der Waals surface area contributed by atoms with Crippen molar-refractivity contribution < 1.29 is 89.8 Å². The Kier molecular flexibility index (Phi) is 24.2. The molecular formula is C19H34O5Y2. The summed E-state index contributed by atoms with van der Waals surface area (Å²) in [5, 5.41) is 17.0. The molecule has 0 aliphatic rings. The molecule has 0 bridgehead atoms. The second-order valence-electron chi connectivity index (χ2n) is 6.50. The first kappa shape index (κ1) is 34.6. The molecule has 0 amide bonds. The van der Waals surface area contributed by atoms with Crippen LogP contribution >= 0.6 is 0 Å². The summed E-state index contributed by atoms with van der Waals surface area (Å²) in [5.41, 5.74) is -1.42. The molecule has 0 saturated carbocycles. The van der Waals surface area contributed by atoms with Gasteiger partial charge in [-0.2, -0.15) is 0 Å². The summed E-state index contributed by atoms with van der Waals surface area (Å²) in [7, 11) is 1.62. The van der Waals surface area contributed by atoms with E-state index < -0.39 is 16.8 Å². The van der Waals surface area contributed by atoms with Gasteiger partial charge in [0.05, 0.1) is 26.4 Å². The molecule has 7 heteroatoms. The van der Waals surface area contributed by atoms with Crippen LogP contribution in [0.25, 0.3) is 0 Å². The molecule has 0 aromatic rings. The first-order valence-electron chi connectivity index (χ1n) is 7.98. The molecule has 0 aromatic heterocycles. The van der Waals surface area contributed by atoms with E-state index >= 15 is 0 Å². The smallest absolute Gasteiger partial charge is 0.123 e. The number of ether oxygens (including phenoxy) is 3. The van der Waals surface area contributed by atoms with Gasteiger partial charge in [0.1, 0.15) is 16.8 Å². The summed E-state index contributed by atoms with van der Waals surface area (Å²) in [5.74, 6) is 11.6. The molecule has 0 saturated heterocycles. The fraction of sp³-hybridized carbons (Fsp3) is 0.789. The minimum absolute atomic E-state index is 0. The van der Waals surface area contributed by atoms with E-state index in [-0.39, 0.29) is 78.6 Å². The summed E-state index contributed by atoms with van der Waals surface area (Å²) < 4.78 is 15.7. The van der Waals surface area contributed by atoms with Crippen molar-refractivity contribution in [3.8, 4) is 23.7 Å². The Morgan fingerprint density at radius 2 is 1.04 bits per heavy atom. The molecule has 2 N–H and O–H groups in total. The molecule has 0 atom stereocenters. The Morgan fingerprint density at radius 3 is 1.35 bits per heavy atom. The first-order valence-corrected chi connectivity index (χ1v) is 7.98. The number of methoxy groups -OCH3 is 1. The standard InChI is InChI=1S/C11H20O3.C8H14O2.2Y/c1-10(2,13-5)6-7-11(3,4)14-9-8-12;1-4-5-8(2,3)10-7-6-9;;/h12H,8-9H2,1-5H3;9H,6-7H2,1-3H3;;. The predicted octanol–water partition coefficient (Wildman–Crippen LogP) is 1.99. The Balaban J connectivity index is -0.000000181. The zero-order valence-corrected chi connectivity index (χ0v) is 23.3. The van der Waals surface area contributed by atoms with Gasteiger partial charge in [0.15, 0.2) is 0 Å². The fourth-order valence-electron chi connectivity index (χ4n) is 1.33. The van der Waals surface area contributed by atoms with Crippen LogP contribution in [0, 0.1) is 23.7 Å². The molecule has 0 aliphatic carbocycles. The van der Waals surface area contributed by atoms with Gasteiger partial charge in [-0.15, -0.1) is 5.92 Å². The van der Waals surface area contributed by atoms with Crippen LogP contribution in [-0.4, -0.2) is 60.6 Å². The summed E-state index contributed by atoms with van der Waals surface area (Å²) in [6.07, 6.45) is 0. The van der Waals surface area contributed by atoms with E-state index in [1.54, 1.807) is 14.0 Å². The minimum atomic E-state index is -0.543. The second-order valence-corrected chi connectivity index (χ2v) is 6.50. The maximum Gasteiger partial charge on any atom is 0.123 e. The van der Waals surface area contributed by atoms with Crippen molar-refractivity contribution in [3.05, 3.63) is 0 Å². The van der Waals surface area contributed by atoms with Crippen molar-refractivity contribution in [3.63, 3.8) is 0 Å². The van der Waals surface area contributed by atoms with E-state index in [4.69, 9.17) is 24.4 Å². The third kappa shape index (κ3) is 23.2. The van der Waals surface area contributed by atoms with E-state index in [1.807, 2.05) is 41.5 Å². The van der Waals surface area contributed by atoms with Crippen LogP contribution in [0.4, 0.5) is 0 Å². The van der Waals surface area contributed by atoms with Gasteiger partial charge in [-0.05, 0) is 48.5 Å². The zero-order valence-electron chi connectivity index (χ0n) is 17.6. The van der Waals surface area contributed by atoms with Crippen molar-refractivity contribution >= 4 is 0 Å². The van der Waals surface area contributed by atoms with Crippen molar-refractivity contribution in [1.29, 1.82) is 0 Å². The predicted molar refractivity (Wildman–Crippen MR) is 96.5 cm³/mol. The van der Waals surface area contributed by atoms with Crippen LogP contribution < -0.4 is 0 Å². The molecule has 146 valence electrons. The molecule has 5 nitrogen and oxygen atoms in total. The minimum Gasteiger partial charge on any atom is -0.394 e. The van der Waals surface area contributed by atoms with Crippen LogP contribution in [0.2, 0.25) is 0 Å². The largest absolute Gasteiger partial charge is 0.394 e. The Hall–Kier alpha value is 1.13. The first-order chi connectivity index (χ1) is 10.9. The van der Waals surface area contributed by atoms with E-state index in [0.717, 1.165) is 0 Å². The van der Waals surface area contributed by atoms with Gasteiger partial charge in [-0.3, -0.25) is 0 Å². The van der Waals surface area contributed by atoms with E-state index in [0.29, 0.717) is 13.2 Å². The molecule has 0 heterocycles. The fourth-order valence-corrected chi connectivity index (χ4v) is 1.33. The summed E-state index contributed by atoms with van der Waals surface area (Å²) in [6.45, 7) is 13.7. The van der Waals surface area contributed by atoms with Crippen LogP contribution in [0.5, 0.6) is 0 Å². The Labute approximate surface area is 210 Å². The van der Waals surface area contributed by atoms with Gasteiger partial charge in [0.2, 0.25) is 0 Å². The van der Waals surface area contributed by atoms with E-state index in [9.17, 15) is 0 Å². The molecular weight excluding hydrogens is 486 g/mol. The maximum absolute atomic E-state index is 8.61. The Morgan fingerprint density at radius 1 is 0.692 bits per heavy atom. The number of hydrogen-bond donors (Lipinski definition) is 2. The number of hydrogen-bond acceptors (Lipinski definition) is 5. The van der Waals surface area contributed by atoms with Crippen molar-refractivity contribution in [2.45, 2.75) is 65.3 Å². The molecule has 0 fully saturated rings. The normalized spacial score (nSPS) is 10.5. The average Bonchev–Trinajstić information content (AvgIpc) is 2.50. The summed E-state index contributed by atoms with van der Waals surface area (Å²) in [6, 6.07) is 0. The molecule has 0 aromatic carbocycles. The van der Waals surface area contributed by atoms with Crippen LogP contribution in [0.3, 0.4) is 0 Å². The van der Waals surface area contributed by atoms with Gasteiger partial charge >= 0.3 is 0 Å². The molecule has 0 aliphatic heterocycles. The van der Waals surface area contributed by atoms with E-state index in [2.05, 4.69) is 23.7 Å². The molecule has 2 radical (unpaired) electrons. The van der Waals surface area contributed by atoms with Crippen LogP contribution in [0.15, 0.2) is 0 Å². The third-order valence-electron chi connectivity index (χ3n) is 2.71. The van der Waals surface area contributed by atoms with Crippen LogP contribution in [0.1, 0.15) is 48.5 Å². The van der Waals surface area contributed by atoms with E-state index in [1.165, 1.54) is 0 Å². The number of aliphatic hydroxyl groups is 2. The second kappa shape index (κ2) is 18.2. The molecule has 0 unspecified atom stereocenters. The van der Waals surface area contributed by atoms with Crippen molar-refractivity contribution in [2.24, 2.45) is 0 Å².